The summed E-state index contributed by atoms with van der Waals surface area (Å²) in [7, 11) is 0. The van der Waals surface area contributed by atoms with Gasteiger partial charge < -0.3 is 14.5 Å². The van der Waals surface area contributed by atoms with Gasteiger partial charge in [-0.25, -0.2) is 4.79 Å². The molecular weight excluding hydrogens is 246 g/mol. The second kappa shape index (κ2) is 6.78. The number of carbonyl (C=O) groups excluding carboxylic acids is 2. The topological polar surface area (TPSA) is 68.5 Å². The number of ether oxygens (including phenoxy) is 1. The maximum absolute atomic E-state index is 11.5. The van der Waals surface area contributed by atoms with E-state index in [1.165, 1.54) is 18.4 Å². The maximum Gasteiger partial charge on any atom is 0.331 e. The molecule has 1 heterocycles. The number of rotatable bonds is 6. The molecule has 5 nitrogen and oxygen atoms in total. The third kappa shape index (κ3) is 5.90. The molecule has 1 rings (SSSR count). The van der Waals surface area contributed by atoms with Crippen molar-refractivity contribution in [1.82, 2.24) is 5.32 Å². The van der Waals surface area contributed by atoms with Gasteiger partial charge in [-0.1, -0.05) is 6.92 Å². The van der Waals surface area contributed by atoms with Gasteiger partial charge in [-0.05, 0) is 38.5 Å². The van der Waals surface area contributed by atoms with Gasteiger partial charge in [-0.3, -0.25) is 4.79 Å². The molecule has 0 fully saturated rings. The number of amides is 1. The molecular formula is C14H19NO4. The van der Waals surface area contributed by atoms with E-state index in [-0.39, 0.29) is 18.1 Å². The summed E-state index contributed by atoms with van der Waals surface area (Å²) in [6.45, 7) is 5.50. The number of esters is 1. The van der Waals surface area contributed by atoms with E-state index in [1.807, 2.05) is 20.8 Å². The Morgan fingerprint density at radius 1 is 1.47 bits per heavy atom. The molecule has 1 amide bonds. The molecule has 0 aliphatic heterocycles. The zero-order valence-electron chi connectivity index (χ0n) is 11.4. The van der Waals surface area contributed by atoms with E-state index in [0.717, 1.165) is 6.42 Å². The van der Waals surface area contributed by atoms with Crippen molar-refractivity contribution in [2.45, 2.75) is 32.7 Å². The van der Waals surface area contributed by atoms with Gasteiger partial charge in [0.1, 0.15) is 5.76 Å². The number of furan rings is 1. The van der Waals surface area contributed by atoms with E-state index in [0.29, 0.717) is 5.76 Å². The second-order valence-electron chi connectivity index (χ2n) is 4.74. The fourth-order valence-corrected chi connectivity index (χ4v) is 1.22. The molecule has 0 spiro atoms. The maximum atomic E-state index is 11.5. The minimum atomic E-state index is -0.583. The highest BCUT2D eigenvalue weighted by molar-refractivity contribution is 5.89. The molecule has 1 aromatic rings. The average Bonchev–Trinajstić information content (AvgIpc) is 2.86. The average molecular weight is 265 g/mol. The van der Waals surface area contributed by atoms with E-state index in [4.69, 9.17) is 9.15 Å². The fraction of sp³-hybridized carbons (Fsp3) is 0.429. The Balaban J connectivity index is 2.32. The van der Waals surface area contributed by atoms with Crippen LogP contribution in [0.15, 0.2) is 28.9 Å². The molecule has 0 saturated carbocycles. The second-order valence-corrected chi connectivity index (χ2v) is 4.74. The number of carbonyl (C=O) groups is 2. The predicted octanol–water partition coefficient (Wildman–Crippen LogP) is 2.14. The third-order valence-corrected chi connectivity index (χ3v) is 2.63. The Labute approximate surface area is 112 Å². The SMILES string of the molecule is CCC(C)(C)NC(=O)COC(=O)/C=C/c1ccco1. The lowest BCUT2D eigenvalue weighted by atomic mass is 10.0. The van der Waals surface area contributed by atoms with Crippen LogP contribution in [-0.4, -0.2) is 24.0 Å². The number of nitrogens with one attached hydrogen (secondary N) is 1. The van der Waals surface area contributed by atoms with Crippen molar-refractivity contribution >= 4 is 18.0 Å². The first-order chi connectivity index (χ1) is 8.93. The van der Waals surface area contributed by atoms with Crippen LogP contribution in [-0.2, 0) is 14.3 Å². The van der Waals surface area contributed by atoms with Gasteiger partial charge in [0, 0.05) is 11.6 Å². The lowest BCUT2D eigenvalue weighted by Gasteiger charge is -2.24. The van der Waals surface area contributed by atoms with Gasteiger partial charge >= 0.3 is 5.97 Å². The normalized spacial score (nSPS) is 11.5. The number of hydrogen-bond donors (Lipinski definition) is 1. The Kier molecular flexibility index (Phi) is 5.36. The molecule has 0 unspecified atom stereocenters. The van der Waals surface area contributed by atoms with Crippen molar-refractivity contribution in [3.8, 4) is 0 Å². The molecule has 104 valence electrons. The van der Waals surface area contributed by atoms with Crippen LogP contribution in [0.3, 0.4) is 0 Å². The lowest BCUT2D eigenvalue weighted by molar-refractivity contribution is -0.144. The molecule has 0 radical (unpaired) electrons. The van der Waals surface area contributed by atoms with E-state index in [1.54, 1.807) is 12.1 Å². The van der Waals surface area contributed by atoms with Crippen molar-refractivity contribution in [1.29, 1.82) is 0 Å². The summed E-state index contributed by atoms with van der Waals surface area (Å²) in [6.07, 6.45) is 5.00. The highest BCUT2D eigenvalue weighted by atomic mass is 16.5. The molecule has 1 N–H and O–H groups in total. The summed E-state index contributed by atoms with van der Waals surface area (Å²) in [6, 6.07) is 3.42. The summed E-state index contributed by atoms with van der Waals surface area (Å²) in [5.74, 6) is -0.346. The Morgan fingerprint density at radius 2 is 2.21 bits per heavy atom. The Bertz CT molecular complexity index is 446. The van der Waals surface area contributed by atoms with Crippen LogP contribution in [0.5, 0.6) is 0 Å². The quantitative estimate of drug-likeness (QED) is 0.632. The lowest BCUT2D eigenvalue weighted by Crippen LogP contribution is -2.44. The molecule has 0 aliphatic carbocycles. The first-order valence-electron chi connectivity index (χ1n) is 6.12. The van der Waals surface area contributed by atoms with Gasteiger partial charge in [0.15, 0.2) is 6.61 Å². The molecule has 1 aromatic heterocycles. The molecule has 0 aromatic carbocycles. The highest BCUT2D eigenvalue weighted by Crippen LogP contribution is 2.06. The van der Waals surface area contributed by atoms with Crippen LogP contribution >= 0.6 is 0 Å². The van der Waals surface area contributed by atoms with Gasteiger partial charge in [-0.2, -0.15) is 0 Å². The van der Waals surface area contributed by atoms with Crippen LogP contribution in [0.2, 0.25) is 0 Å². The zero-order chi connectivity index (χ0) is 14.3. The van der Waals surface area contributed by atoms with E-state index in [2.05, 4.69) is 5.32 Å². The highest BCUT2D eigenvalue weighted by Gasteiger charge is 2.18. The summed E-state index contributed by atoms with van der Waals surface area (Å²) in [4.78, 5) is 22.9. The van der Waals surface area contributed by atoms with Gasteiger partial charge in [-0.15, -0.1) is 0 Å². The molecule has 0 atom stereocenters. The van der Waals surface area contributed by atoms with Crippen LogP contribution in [0.4, 0.5) is 0 Å². The summed E-state index contributed by atoms with van der Waals surface area (Å²) in [5.41, 5.74) is -0.298. The van der Waals surface area contributed by atoms with Crippen LogP contribution in [0, 0.1) is 0 Å². The standard InChI is InChI=1S/C14H19NO4/c1-4-14(2,3)15-12(16)10-19-13(17)8-7-11-6-5-9-18-11/h5-9H,4,10H2,1-3H3,(H,15,16)/b8-7+. The monoisotopic (exact) mass is 265 g/mol. The first-order valence-corrected chi connectivity index (χ1v) is 6.12. The molecule has 19 heavy (non-hydrogen) atoms. The van der Waals surface area contributed by atoms with E-state index in [9.17, 15) is 9.59 Å². The third-order valence-electron chi connectivity index (χ3n) is 2.63. The van der Waals surface area contributed by atoms with E-state index >= 15 is 0 Å². The zero-order valence-corrected chi connectivity index (χ0v) is 11.4. The number of hydrogen-bond acceptors (Lipinski definition) is 4. The van der Waals surface area contributed by atoms with Crippen molar-refractivity contribution in [3.05, 3.63) is 30.2 Å². The van der Waals surface area contributed by atoms with Crippen molar-refractivity contribution in [3.63, 3.8) is 0 Å². The van der Waals surface area contributed by atoms with Gasteiger partial charge in [0.05, 0.1) is 6.26 Å². The Hall–Kier alpha value is -2.04. The largest absolute Gasteiger partial charge is 0.465 e. The van der Waals surface area contributed by atoms with Crippen LogP contribution < -0.4 is 5.32 Å². The molecule has 0 bridgehead atoms. The van der Waals surface area contributed by atoms with Crippen molar-refractivity contribution < 1.29 is 18.7 Å². The first kappa shape index (κ1) is 15.0. The van der Waals surface area contributed by atoms with Crippen molar-refractivity contribution in [2.75, 3.05) is 6.61 Å². The van der Waals surface area contributed by atoms with E-state index < -0.39 is 5.97 Å². The van der Waals surface area contributed by atoms with Crippen LogP contribution in [0.25, 0.3) is 6.08 Å². The molecule has 5 heteroatoms. The van der Waals surface area contributed by atoms with Gasteiger partial charge in [0.2, 0.25) is 0 Å². The fourth-order valence-electron chi connectivity index (χ4n) is 1.22. The van der Waals surface area contributed by atoms with Crippen LogP contribution in [0.1, 0.15) is 33.0 Å². The minimum absolute atomic E-state index is 0.287. The van der Waals surface area contributed by atoms with Crippen molar-refractivity contribution in [2.24, 2.45) is 0 Å². The smallest absolute Gasteiger partial charge is 0.331 e. The summed E-state index contributed by atoms with van der Waals surface area (Å²) in [5, 5.41) is 2.77. The Morgan fingerprint density at radius 3 is 2.79 bits per heavy atom. The predicted molar refractivity (Wildman–Crippen MR) is 71.2 cm³/mol. The summed E-state index contributed by atoms with van der Waals surface area (Å²) < 4.78 is 9.83. The summed E-state index contributed by atoms with van der Waals surface area (Å²) >= 11 is 0. The molecule has 0 aliphatic rings. The molecule has 0 saturated heterocycles. The van der Waals surface area contributed by atoms with Gasteiger partial charge in [0.25, 0.3) is 5.91 Å². The minimum Gasteiger partial charge on any atom is -0.465 e.